The van der Waals surface area contributed by atoms with Crippen molar-refractivity contribution in [2.75, 3.05) is 14.2 Å². The van der Waals surface area contributed by atoms with E-state index < -0.39 is 0 Å². The Morgan fingerprint density at radius 3 is 2.46 bits per heavy atom. The van der Waals surface area contributed by atoms with Crippen LogP contribution in [-0.2, 0) is 13.6 Å². The van der Waals surface area contributed by atoms with Gasteiger partial charge in [0, 0.05) is 19.2 Å². The molecule has 0 aliphatic carbocycles. The lowest BCUT2D eigenvalue weighted by Crippen LogP contribution is -2.25. The smallest absolute Gasteiger partial charge is 0.269 e. The molecule has 1 N–H and O–H groups in total. The number of carbonyl (C=O) groups is 1. The van der Waals surface area contributed by atoms with Gasteiger partial charge in [-0.3, -0.25) is 9.48 Å². The Morgan fingerprint density at radius 1 is 1.04 bits per heavy atom. The molecule has 0 saturated carbocycles. The SMILES string of the molecule is COc1cccc(CNC(=O)c2cc(-c3cccc(OC)c3)nn2C)c1. The van der Waals surface area contributed by atoms with Gasteiger partial charge in [-0.1, -0.05) is 24.3 Å². The fourth-order valence-corrected chi connectivity index (χ4v) is 2.66. The van der Waals surface area contributed by atoms with Crippen LogP contribution < -0.4 is 14.8 Å². The number of aryl methyl sites for hydroxylation is 1. The standard InChI is InChI=1S/C20H21N3O3/c1-23-19(12-18(22-23)15-7-5-9-17(11-15)26-3)20(24)21-13-14-6-4-8-16(10-14)25-2/h4-12H,13H2,1-3H3,(H,21,24). The molecule has 0 atom stereocenters. The number of benzene rings is 2. The van der Waals surface area contributed by atoms with Crippen LogP contribution in [0.1, 0.15) is 16.1 Å². The van der Waals surface area contributed by atoms with Gasteiger partial charge in [-0.25, -0.2) is 0 Å². The molecule has 0 bridgehead atoms. The maximum absolute atomic E-state index is 12.5. The number of hydrogen-bond acceptors (Lipinski definition) is 4. The van der Waals surface area contributed by atoms with Crippen LogP contribution in [-0.4, -0.2) is 29.9 Å². The van der Waals surface area contributed by atoms with Crippen molar-refractivity contribution in [2.45, 2.75) is 6.54 Å². The largest absolute Gasteiger partial charge is 0.497 e. The first-order chi connectivity index (χ1) is 12.6. The lowest BCUT2D eigenvalue weighted by Gasteiger charge is -2.07. The topological polar surface area (TPSA) is 65.4 Å². The van der Waals surface area contributed by atoms with Crippen LogP contribution in [0.4, 0.5) is 0 Å². The zero-order chi connectivity index (χ0) is 18.5. The van der Waals surface area contributed by atoms with Gasteiger partial charge in [0.15, 0.2) is 0 Å². The minimum absolute atomic E-state index is 0.183. The normalized spacial score (nSPS) is 10.4. The summed E-state index contributed by atoms with van der Waals surface area (Å²) in [4.78, 5) is 12.5. The lowest BCUT2D eigenvalue weighted by molar-refractivity contribution is 0.0941. The van der Waals surface area contributed by atoms with E-state index in [9.17, 15) is 4.79 Å². The third kappa shape index (κ3) is 3.85. The minimum Gasteiger partial charge on any atom is -0.497 e. The number of ether oxygens (including phenoxy) is 2. The summed E-state index contributed by atoms with van der Waals surface area (Å²) in [6, 6.07) is 17.0. The first-order valence-electron chi connectivity index (χ1n) is 8.20. The molecule has 3 rings (SSSR count). The lowest BCUT2D eigenvalue weighted by atomic mass is 10.1. The molecule has 0 fully saturated rings. The third-order valence-electron chi connectivity index (χ3n) is 4.07. The zero-order valence-corrected chi connectivity index (χ0v) is 15.0. The Bertz CT molecular complexity index is 918. The van der Waals surface area contributed by atoms with E-state index in [1.807, 2.05) is 48.5 Å². The molecular formula is C20H21N3O3. The highest BCUT2D eigenvalue weighted by molar-refractivity contribution is 5.93. The number of nitrogens with zero attached hydrogens (tertiary/aromatic N) is 2. The van der Waals surface area contributed by atoms with E-state index in [2.05, 4.69) is 10.4 Å². The summed E-state index contributed by atoms with van der Waals surface area (Å²) >= 11 is 0. The average Bonchev–Trinajstić information content (AvgIpc) is 3.08. The molecule has 0 unspecified atom stereocenters. The van der Waals surface area contributed by atoms with Gasteiger partial charge in [0.05, 0.1) is 19.9 Å². The average molecular weight is 351 g/mol. The Kier molecular flexibility index (Phi) is 5.22. The van der Waals surface area contributed by atoms with Crippen LogP contribution in [0.25, 0.3) is 11.3 Å². The summed E-state index contributed by atoms with van der Waals surface area (Å²) in [5.74, 6) is 1.33. The number of nitrogens with one attached hydrogen (secondary N) is 1. The van der Waals surface area contributed by atoms with Crippen molar-refractivity contribution in [3.8, 4) is 22.8 Å². The minimum atomic E-state index is -0.183. The molecule has 1 amide bonds. The van der Waals surface area contributed by atoms with E-state index in [1.165, 1.54) is 0 Å². The van der Waals surface area contributed by atoms with E-state index in [0.717, 1.165) is 28.3 Å². The maximum Gasteiger partial charge on any atom is 0.269 e. The number of amides is 1. The van der Waals surface area contributed by atoms with Gasteiger partial charge in [-0.15, -0.1) is 0 Å². The molecule has 6 nitrogen and oxygen atoms in total. The monoisotopic (exact) mass is 351 g/mol. The van der Waals surface area contributed by atoms with Gasteiger partial charge in [-0.2, -0.15) is 5.10 Å². The molecule has 0 aliphatic heterocycles. The summed E-state index contributed by atoms with van der Waals surface area (Å²) in [7, 11) is 4.99. The molecule has 3 aromatic rings. The second kappa shape index (κ2) is 7.74. The quantitative estimate of drug-likeness (QED) is 0.741. The Hall–Kier alpha value is -3.28. The number of carbonyl (C=O) groups excluding carboxylic acids is 1. The van der Waals surface area contributed by atoms with Crippen molar-refractivity contribution < 1.29 is 14.3 Å². The van der Waals surface area contributed by atoms with Crippen LogP contribution in [0.2, 0.25) is 0 Å². The van der Waals surface area contributed by atoms with Crippen LogP contribution in [0.5, 0.6) is 11.5 Å². The number of methoxy groups -OCH3 is 2. The predicted molar refractivity (Wildman–Crippen MR) is 99.4 cm³/mol. The van der Waals surface area contributed by atoms with E-state index in [1.54, 1.807) is 32.0 Å². The van der Waals surface area contributed by atoms with Crippen molar-refractivity contribution in [1.29, 1.82) is 0 Å². The summed E-state index contributed by atoms with van der Waals surface area (Å²) < 4.78 is 12.0. The molecule has 134 valence electrons. The first-order valence-corrected chi connectivity index (χ1v) is 8.20. The highest BCUT2D eigenvalue weighted by atomic mass is 16.5. The molecule has 0 saturated heterocycles. The Labute approximate surface area is 152 Å². The van der Waals surface area contributed by atoms with Gasteiger partial charge in [-0.05, 0) is 35.9 Å². The fraction of sp³-hybridized carbons (Fsp3) is 0.200. The molecule has 2 aromatic carbocycles. The third-order valence-corrected chi connectivity index (χ3v) is 4.07. The van der Waals surface area contributed by atoms with E-state index in [4.69, 9.17) is 9.47 Å². The number of aromatic nitrogens is 2. The summed E-state index contributed by atoms with van der Waals surface area (Å²) in [5, 5.41) is 7.35. The van der Waals surface area contributed by atoms with Gasteiger partial charge in [0.1, 0.15) is 17.2 Å². The second-order valence-corrected chi connectivity index (χ2v) is 5.80. The van der Waals surface area contributed by atoms with Gasteiger partial charge in [0.25, 0.3) is 5.91 Å². The van der Waals surface area contributed by atoms with E-state index >= 15 is 0 Å². The van der Waals surface area contributed by atoms with E-state index in [0.29, 0.717) is 12.2 Å². The molecule has 26 heavy (non-hydrogen) atoms. The van der Waals surface area contributed by atoms with Crippen molar-refractivity contribution in [3.05, 3.63) is 65.9 Å². The highest BCUT2D eigenvalue weighted by Gasteiger charge is 2.14. The molecule has 0 radical (unpaired) electrons. The molecule has 1 heterocycles. The van der Waals surface area contributed by atoms with Crippen molar-refractivity contribution in [3.63, 3.8) is 0 Å². The molecule has 0 aliphatic rings. The Balaban J connectivity index is 1.74. The number of rotatable bonds is 6. The van der Waals surface area contributed by atoms with Crippen LogP contribution in [0, 0.1) is 0 Å². The molecule has 0 spiro atoms. The molecular weight excluding hydrogens is 330 g/mol. The first kappa shape index (κ1) is 17.5. The van der Waals surface area contributed by atoms with Gasteiger partial charge in [0.2, 0.25) is 0 Å². The number of hydrogen-bond donors (Lipinski definition) is 1. The maximum atomic E-state index is 12.5. The van der Waals surface area contributed by atoms with Crippen molar-refractivity contribution in [2.24, 2.45) is 7.05 Å². The fourth-order valence-electron chi connectivity index (χ4n) is 2.66. The van der Waals surface area contributed by atoms with Crippen molar-refractivity contribution in [1.82, 2.24) is 15.1 Å². The van der Waals surface area contributed by atoms with Crippen molar-refractivity contribution >= 4 is 5.91 Å². The predicted octanol–water partition coefficient (Wildman–Crippen LogP) is 3.03. The van der Waals surface area contributed by atoms with Gasteiger partial charge >= 0.3 is 0 Å². The zero-order valence-electron chi connectivity index (χ0n) is 15.0. The highest BCUT2D eigenvalue weighted by Crippen LogP contribution is 2.23. The Morgan fingerprint density at radius 2 is 1.73 bits per heavy atom. The molecule has 1 aromatic heterocycles. The van der Waals surface area contributed by atoms with Crippen LogP contribution >= 0.6 is 0 Å². The summed E-state index contributed by atoms with van der Waals surface area (Å²) in [6.07, 6.45) is 0. The van der Waals surface area contributed by atoms with Crippen LogP contribution in [0.15, 0.2) is 54.6 Å². The summed E-state index contributed by atoms with van der Waals surface area (Å²) in [5.41, 5.74) is 3.07. The van der Waals surface area contributed by atoms with Gasteiger partial charge < -0.3 is 14.8 Å². The van der Waals surface area contributed by atoms with Crippen LogP contribution in [0.3, 0.4) is 0 Å². The summed E-state index contributed by atoms with van der Waals surface area (Å²) in [6.45, 7) is 0.412. The second-order valence-electron chi connectivity index (χ2n) is 5.80. The molecule has 6 heteroatoms. The van der Waals surface area contributed by atoms with E-state index in [-0.39, 0.29) is 5.91 Å².